The number of fused-ring (bicyclic) bond motifs is 1. The first-order valence-corrected chi connectivity index (χ1v) is 8.76. The Morgan fingerprint density at radius 1 is 1.10 bits per heavy atom. The Morgan fingerprint density at radius 2 is 1.83 bits per heavy atom. The summed E-state index contributed by atoms with van der Waals surface area (Å²) in [4.78, 5) is 36.5. The van der Waals surface area contributed by atoms with Crippen molar-refractivity contribution in [3.05, 3.63) is 41.5 Å². The average molecular weight is 399 g/mol. The highest BCUT2D eigenvalue weighted by molar-refractivity contribution is 6.11. The van der Waals surface area contributed by atoms with Crippen molar-refractivity contribution in [2.45, 2.75) is 19.4 Å². The normalized spacial score (nSPS) is 15.5. The zero-order valence-electron chi connectivity index (χ0n) is 16.2. The van der Waals surface area contributed by atoms with Gasteiger partial charge in [-0.2, -0.15) is 0 Å². The lowest BCUT2D eigenvalue weighted by molar-refractivity contribution is -0.142. The first-order chi connectivity index (χ1) is 13.8. The van der Waals surface area contributed by atoms with Gasteiger partial charge in [-0.05, 0) is 36.8 Å². The van der Waals surface area contributed by atoms with Crippen LogP contribution in [0.1, 0.15) is 22.3 Å². The Kier molecular flexibility index (Phi) is 5.58. The number of rotatable bonds is 5. The van der Waals surface area contributed by atoms with Gasteiger partial charge in [0.2, 0.25) is 5.91 Å². The fraction of sp³-hybridized carbons (Fsp3) is 0.250. The molecule has 1 atom stereocenters. The van der Waals surface area contributed by atoms with Gasteiger partial charge in [0.05, 0.1) is 37.6 Å². The third-order valence-electron chi connectivity index (χ3n) is 4.36. The molecule has 2 aromatic carbocycles. The SMILES string of the molecule is COC(=O)C[C@@H]1NC(=O)c2cc(Oc3cc(C)cc(OC)c3)c(N)cc2NC1=O. The molecule has 2 amide bonds. The van der Waals surface area contributed by atoms with E-state index in [1.807, 2.05) is 13.0 Å². The largest absolute Gasteiger partial charge is 0.497 e. The van der Waals surface area contributed by atoms with Crippen molar-refractivity contribution in [3.63, 3.8) is 0 Å². The highest BCUT2D eigenvalue weighted by Crippen LogP contribution is 2.35. The minimum atomic E-state index is -1.06. The van der Waals surface area contributed by atoms with Crippen LogP contribution in [0.2, 0.25) is 0 Å². The van der Waals surface area contributed by atoms with Crippen LogP contribution >= 0.6 is 0 Å². The zero-order chi connectivity index (χ0) is 21.1. The molecule has 4 N–H and O–H groups in total. The van der Waals surface area contributed by atoms with Crippen molar-refractivity contribution in [3.8, 4) is 17.2 Å². The van der Waals surface area contributed by atoms with Gasteiger partial charge in [0.1, 0.15) is 17.5 Å². The van der Waals surface area contributed by atoms with Gasteiger partial charge in [-0.1, -0.05) is 0 Å². The maximum Gasteiger partial charge on any atom is 0.308 e. The summed E-state index contributed by atoms with van der Waals surface area (Å²) in [5, 5.41) is 5.13. The first kappa shape index (κ1) is 20.0. The molecule has 3 rings (SSSR count). The van der Waals surface area contributed by atoms with Crippen molar-refractivity contribution in [2.24, 2.45) is 0 Å². The highest BCUT2D eigenvalue weighted by Gasteiger charge is 2.30. The minimum Gasteiger partial charge on any atom is -0.497 e. The second-order valence-electron chi connectivity index (χ2n) is 6.52. The average Bonchev–Trinajstić information content (AvgIpc) is 2.78. The standard InChI is InChI=1S/C20H21N3O6/c1-10-4-11(27-2)6-12(5-10)29-17-7-13-15(8-14(17)21)22-20(26)16(23-19(13)25)9-18(24)28-3/h4-8,16H,9,21H2,1-3H3,(H,22,26)(H,23,25)/t16-/m0/s1. The number of carbonyl (C=O) groups excluding carboxylic acids is 3. The molecule has 1 aliphatic rings. The summed E-state index contributed by atoms with van der Waals surface area (Å²) in [6.45, 7) is 1.89. The number of anilines is 2. The predicted octanol–water partition coefficient (Wildman–Crippen LogP) is 1.99. The number of nitrogens with one attached hydrogen (secondary N) is 2. The van der Waals surface area contributed by atoms with Crippen LogP contribution in [-0.4, -0.2) is 38.0 Å². The van der Waals surface area contributed by atoms with E-state index in [0.29, 0.717) is 11.5 Å². The Morgan fingerprint density at radius 3 is 2.52 bits per heavy atom. The summed E-state index contributed by atoms with van der Waals surface area (Å²) in [5.74, 6) is -0.363. The lowest BCUT2D eigenvalue weighted by Gasteiger charge is -2.14. The molecule has 1 heterocycles. The third-order valence-corrected chi connectivity index (χ3v) is 4.36. The van der Waals surface area contributed by atoms with E-state index in [1.165, 1.54) is 19.2 Å². The van der Waals surface area contributed by atoms with Crippen LogP contribution in [0.15, 0.2) is 30.3 Å². The number of hydrogen-bond acceptors (Lipinski definition) is 7. The quantitative estimate of drug-likeness (QED) is 0.518. The maximum atomic E-state index is 12.6. The van der Waals surface area contributed by atoms with Crippen LogP contribution in [0.5, 0.6) is 17.2 Å². The number of amides is 2. The van der Waals surface area contributed by atoms with E-state index in [-0.39, 0.29) is 29.1 Å². The Hall–Kier alpha value is -3.75. The predicted molar refractivity (Wildman–Crippen MR) is 105 cm³/mol. The first-order valence-electron chi connectivity index (χ1n) is 8.76. The molecule has 152 valence electrons. The lowest BCUT2D eigenvalue weighted by atomic mass is 10.1. The van der Waals surface area contributed by atoms with E-state index >= 15 is 0 Å². The molecule has 9 nitrogen and oxygen atoms in total. The summed E-state index contributed by atoms with van der Waals surface area (Å²) in [6.07, 6.45) is -0.288. The second-order valence-corrected chi connectivity index (χ2v) is 6.52. The summed E-state index contributed by atoms with van der Waals surface area (Å²) >= 11 is 0. The van der Waals surface area contributed by atoms with Crippen LogP contribution in [-0.2, 0) is 14.3 Å². The van der Waals surface area contributed by atoms with Crippen LogP contribution in [0.25, 0.3) is 0 Å². The molecule has 29 heavy (non-hydrogen) atoms. The summed E-state index contributed by atoms with van der Waals surface area (Å²) in [6, 6.07) is 7.14. The number of methoxy groups -OCH3 is 2. The van der Waals surface area contributed by atoms with Crippen LogP contribution < -0.4 is 25.8 Å². The van der Waals surface area contributed by atoms with E-state index in [2.05, 4.69) is 15.4 Å². The zero-order valence-corrected chi connectivity index (χ0v) is 16.2. The van der Waals surface area contributed by atoms with Crippen molar-refractivity contribution in [1.29, 1.82) is 0 Å². The Bertz CT molecular complexity index is 988. The molecule has 0 aliphatic carbocycles. The number of ether oxygens (including phenoxy) is 3. The summed E-state index contributed by atoms with van der Waals surface area (Å²) < 4.78 is 15.7. The van der Waals surface area contributed by atoms with Gasteiger partial charge in [-0.3, -0.25) is 14.4 Å². The molecular weight excluding hydrogens is 378 g/mol. The molecule has 2 aromatic rings. The second kappa shape index (κ2) is 8.09. The summed E-state index contributed by atoms with van der Waals surface area (Å²) in [5.41, 5.74) is 7.60. The van der Waals surface area contributed by atoms with Crippen molar-refractivity contribution >= 4 is 29.2 Å². The number of nitrogen functional groups attached to an aromatic ring is 1. The number of aryl methyl sites for hydroxylation is 1. The smallest absolute Gasteiger partial charge is 0.308 e. The van der Waals surface area contributed by atoms with E-state index in [4.69, 9.17) is 15.2 Å². The highest BCUT2D eigenvalue weighted by atomic mass is 16.5. The van der Waals surface area contributed by atoms with Gasteiger partial charge in [0, 0.05) is 6.07 Å². The molecule has 9 heteroatoms. The van der Waals surface area contributed by atoms with E-state index in [9.17, 15) is 14.4 Å². The molecular formula is C20H21N3O6. The molecule has 0 saturated heterocycles. The molecule has 0 fully saturated rings. The molecule has 0 unspecified atom stereocenters. The van der Waals surface area contributed by atoms with E-state index in [1.54, 1.807) is 19.2 Å². The fourth-order valence-corrected chi connectivity index (χ4v) is 2.91. The van der Waals surface area contributed by atoms with Crippen molar-refractivity contribution in [2.75, 3.05) is 25.3 Å². The topological polar surface area (TPSA) is 129 Å². The van der Waals surface area contributed by atoms with Crippen molar-refractivity contribution in [1.82, 2.24) is 5.32 Å². The van der Waals surface area contributed by atoms with Crippen LogP contribution in [0, 0.1) is 6.92 Å². The number of hydrogen-bond donors (Lipinski definition) is 3. The number of benzene rings is 2. The van der Waals surface area contributed by atoms with E-state index in [0.717, 1.165) is 5.56 Å². The number of nitrogens with two attached hydrogens (primary N) is 1. The van der Waals surface area contributed by atoms with Gasteiger partial charge in [0.15, 0.2) is 5.75 Å². The fourth-order valence-electron chi connectivity index (χ4n) is 2.91. The third kappa shape index (κ3) is 4.40. The van der Waals surface area contributed by atoms with Gasteiger partial charge in [-0.25, -0.2) is 0 Å². The monoisotopic (exact) mass is 399 g/mol. The molecule has 0 saturated carbocycles. The number of carbonyl (C=O) groups is 3. The van der Waals surface area contributed by atoms with E-state index < -0.39 is 23.8 Å². The Balaban J connectivity index is 1.92. The van der Waals surface area contributed by atoms with Gasteiger partial charge in [0.25, 0.3) is 5.91 Å². The van der Waals surface area contributed by atoms with Gasteiger partial charge >= 0.3 is 5.97 Å². The van der Waals surface area contributed by atoms with Crippen molar-refractivity contribution < 1.29 is 28.6 Å². The lowest BCUT2D eigenvalue weighted by Crippen LogP contribution is -2.42. The summed E-state index contributed by atoms with van der Waals surface area (Å²) in [7, 11) is 2.76. The van der Waals surface area contributed by atoms with Gasteiger partial charge < -0.3 is 30.6 Å². The maximum absolute atomic E-state index is 12.6. The van der Waals surface area contributed by atoms with Crippen LogP contribution in [0.3, 0.4) is 0 Å². The molecule has 0 aromatic heterocycles. The molecule has 0 bridgehead atoms. The molecule has 0 spiro atoms. The van der Waals surface area contributed by atoms with Crippen LogP contribution in [0.4, 0.5) is 11.4 Å². The number of esters is 1. The van der Waals surface area contributed by atoms with Gasteiger partial charge in [-0.15, -0.1) is 0 Å². The minimum absolute atomic E-state index is 0.162. The molecule has 0 radical (unpaired) electrons. The Labute approximate surface area is 167 Å². The molecule has 1 aliphatic heterocycles.